The van der Waals surface area contributed by atoms with Gasteiger partial charge in [0.25, 0.3) is 0 Å². The zero-order valence-corrected chi connectivity index (χ0v) is 11.4. The normalized spacial score (nSPS) is 16.4. The van der Waals surface area contributed by atoms with E-state index in [9.17, 15) is 4.79 Å². The fraction of sp³-hybridized carbons (Fsp3) is 0.250. The molecule has 1 aliphatic heterocycles. The Morgan fingerprint density at radius 3 is 2.85 bits per heavy atom. The molecular weight excluding hydrogens is 250 g/mol. The van der Waals surface area contributed by atoms with Crippen LogP contribution in [0.4, 0.5) is 5.69 Å². The lowest BCUT2D eigenvalue weighted by Gasteiger charge is -2.21. The van der Waals surface area contributed by atoms with E-state index in [4.69, 9.17) is 0 Å². The van der Waals surface area contributed by atoms with Gasteiger partial charge >= 0.3 is 0 Å². The summed E-state index contributed by atoms with van der Waals surface area (Å²) >= 11 is 0. The number of nitrogens with zero attached hydrogens (tertiary/aromatic N) is 2. The lowest BCUT2D eigenvalue weighted by atomic mass is 10.1. The molecule has 1 aromatic carbocycles. The molecule has 1 unspecified atom stereocenters. The molecule has 1 atom stereocenters. The predicted octanol–water partition coefficient (Wildman–Crippen LogP) is 2.08. The van der Waals surface area contributed by atoms with Gasteiger partial charge in [0.2, 0.25) is 5.91 Å². The van der Waals surface area contributed by atoms with E-state index < -0.39 is 0 Å². The summed E-state index contributed by atoms with van der Waals surface area (Å²) in [6, 6.07) is 13.6. The molecule has 4 nitrogen and oxygen atoms in total. The summed E-state index contributed by atoms with van der Waals surface area (Å²) in [5, 5.41) is 3.29. The molecule has 2 aromatic rings. The standard InChI is InChI=1S/C16H17N3O/c1-19(11-13-7-4-5-9-17-13)16(20)15-10-12-6-2-3-8-14(12)18-15/h2-9,15,18H,10-11H2,1H3. The molecule has 3 rings (SSSR count). The average molecular weight is 267 g/mol. The van der Waals surface area contributed by atoms with Crippen LogP contribution in [-0.4, -0.2) is 28.9 Å². The number of carbonyl (C=O) groups is 1. The number of hydrogen-bond acceptors (Lipinski definition) is 3. The Kier molecular flexibility index (Phi) is 3.37. The van der Waals surface area contributed by atoms with Crippen LogP contribution in [0.1, 0.15) is 11.3 Å². The molecule has 0 bridgehead atoms. The molecule has 4 heteroatoms. The van der Waals surface area contributed by atoms with E-state index in [0.29, 0.717) is 6.54 Å². The second kappa shape index (κ2) is 5.33. The second-order valence-electron chi connectivity index (χ2n) is 5.07. The predicted molar refractivity (Wildman–Crippen MR) is 78.3 cm³/mol. The third kappa shape index (κ3) is 2.50. The van der Waals surface area contributed by atoms with Crippen molar-refractivity contribution in [1.82, 2.24) is 9.88 Å². The van der Waals surface area contributed by atoms with Crippen LogP contribution >= 0.6 is 0 Å². The van der Waals surface area contributed by atoms with Gasteiger partial charge in [-0.2, -0.15) is 0 Å². The van der Waals surface area contributed by atoms with Crippen LogP contribution in [0.5, 0.6) is 0 Å². The molecule has 1 amide bonds. The maximum Gasteiger partial charge on any atom is 0.245 e. The van der Waals surface area contributed by atoms with Gasteiger partial charge < -0.3 is 10.2 Å². The summed E-state index contributed by atoms with van der Waals surface area (Å²) in [7, 11) is 1.82. The minimum atomic E-state index is -0.166. The number of carbonyl (C=O) groups excluding carboxylic acids is 1. The number of para-hydroxylation sites is 1. The highest BCUT2D eigenvalue weighted by Crippen LogP contribution is 2.26. The zero-order chi connectivity index (χ0) is 13.9. The molecular formula is C16H17N3O. The first-order valence-corrected chi connectivity index (χ1v) is 6.73. The van der Waals surface area contributed by atoms with Crippen molar-refractivity contribution in [3.05, 3.63) is 59.9 Å². The highest BCUT2D eigenvalue weighted by atomic mass is 16.2. The topological polar surface area (TPSA) is 45.2 Å². The molecule has 2 heterocycles. The monoisotopic (exact) mass is 267 g/mol. The number of amides is 1. The molecule has 0 saturated carbocycles. The Hall–Kier alpha value is -2.36. The second-order valence-corrected chi connectivity index (χ2v) is 5.07. The van der Waals surface area contributed by atoms with E-state index >= 15 is 0 Å². The van der Waals surface area contributed by atoms with E-state index in [2.05, 4.69) is 16.4 Å². The molecule has 0 saturated heterocycles. The van der Waals surface area contributed by atoms with E-state index in [-0.39, 0.29) is 11.9 Å². The summed E-state index contributed by atoms with van der Waals surface area (Å²) in [4.78, 5) is 18.4. The van der Waals surface area contributed by atoms with Crippen LogP contribution in [0.25, 0.3) is 0 Å². The first-order chi connectivity index (χ1) is 9.74. The molecule has 102 valence electrons. The first-order valence-electron chi connectivity index (χ1n) is 6.73. The van der Waals surface area contributed by atoms with E-state index in [1.165, 1.54) is 5.56 Å². The zero-order valence-electron chi connectivity index (χ0n) is 11.4. The van der Waals surface area contributed by atoms with Crippen molar-refractivity contribution in [1.29, 1.82) is 0 Å². The molecule has 0 fully saturated rings. The van der Waals surface area contributed by atoms with Crippen LogP contribution in [0.15, 0.2) is 48.7 Å². The third-order valence-corrected chi connectivity index (χ3v) is 3.57. The van der Waals surface area contributed by atoms with Crippen molar-refractivity contribution in [2.75, 3.05) is 12.4 Å². The van der Waals surface area contributed by atoms with Gasteiger partial charge in [-0.1, -0.05) is 24.3 Å². The largest absolute Gasteiger partial charge is 0.373 e. The van der Waals surface area contributed by atoms with Crippen molar-refractivity contribution >= 4 is 11.6 Å². The molecule has 1 aliphatic rings. The van der Waals surface area contributed by atoms with Crippen LogP contribution in [0.3, 0.4) is 0 Å². The number of aromatic nitrogens is 1. The Bertz CT molecular complexity index is 587. The number of pyridine rings is 1. The number of anilines is 1. The molecule has 1 N–H and O–H groups in total. The van der Waals surface area contributed by atoms with Crippen LogP contribution < -0.4 is 5.32 Å². The summed E-state index contributed by atoms with van der Waals surface area (Å²) in [5.41, 5.74) is 3.17. The van der Waals surface area contributed by atoms with Gasteiger partial charge in [-0.3, -0.25) is 9.78 Å². The highest BCUT2D eigenvalue weighted by molar-refractivity contribution is 5.87. The van der Waals surface area contributed by atoms with Gasteiger partial charge in [0.1, 0.15) is 6.04 Å². The number of rotatable bonds is 3. The maximum absolute atomic E-state index is 12.5. The van der Waals surface area contributed by atoms with E-state index in [1.807, 2.05) is 43.4 Å². The first kappa shape index (κ1) is 12.7. The van der Waals surface area contributed by atoms with Gasteiger partial charge in [-0.05, 0) is 23.8 Å². The number of fused-ring (bicyclic) bond motifs is 1. The molecule has 1 aromatic heterocycles. The van der Waals surface area contributed by atoms with Crippen molar-refractivity contribution in [2.45, 2.75) is 19.0 Å². The smallest absolute Gasteiger partial charge is 0.245 e. The van der Waals surface area contributed by atoms with Crippen LogP contribution in [0.2, 0.25) is 0 Å². The van der Waals surface area contributed by atoms with Gasteiger partial charge in [0.05, 0.1) is 12.2 Å². The summed E-state index contributed by atoms with van der Waals surface area (Å²) in [6.45, 7) is 0.536. The number of hydrogen-bond donors (Lipinski definition) is 1. The van der Waals surface area contributed by atoms with Crippen LogP contribution in [-0.2, 0) is 17.8 Å². The maximum atomic E-state index is 12.5. The Morgan fingerprint density at radius 2 is 2.10 bits per heavy atom. The van der Waals surface area contributed by atoms with Gasteiger partial charge in [0.15, 0.2) is 0 Å². The minimum Gasteiger partial charge on any atom is -0.373 e. The average Bonchev–Trinajstić information content (AvgIpc) is 2.91. The number of benzene rings is 1. The van der Waals surface area contributed by atoms with Crippen molar-refractivity contribution in [3.63, 3.8) is 0 Å². The van der Waals surface area contributed by atoms with Gasteiger partial charge in [-0.15, -0.1) is 0 Å². The molecule has 0 radical (unpaired) electrons. The van der Waals surface area contributed by atoms with Gasteiger partial charge in [-0.25, -0.2) is 0 Å². The van der Waals surface area contributed by atoms with E-state index in [0.717, 1.165) is 17.8 Å². The lowest BCUT2D eigenvalue weighted by Crippen LogP contribution is -2.39. The van der Waals surface area contributed by atoms with Gasteiger partial charge in [0, 0.05) is 25.4 Å². The minimum absolute atomic E-state index is 0.104. The Morgan fingerprint density at radius 1 is 1.30 bits per heavy atom. The summed E-state index contributed by atoms with van der Waals surface area (Å²) in [5.74, 6) is 0.104. The summed E-state index contributed by atoms with van der Waals surface area (Å²) < 4.78 is 0. The number of nitrogens with one attached hydrogen (secondary N) is 1. The lowest BCUT2D eigenvalue weighted by molar-refractivity contribution is -0.131. The highest BCUT2D eigenvalue weighted by Gasteiger charge is 2.28. The quantitative estimate of drug-likeness (QED) is 0.926. The van der Waals surface area contributed by atoms with Crippen molar-refractivity contribution < 1.29 is 4.79 Å². The molecule has 0 spiro atoms. The molecule has 20 heavy (non-hydrogen) atoms. The fourth-order valence-corrected chi connectivity index (χ4v) is 2.53. The Labute approximate surface area is 118 Å². The Balaban J connectivity index is 1.66. The number of likely N-dealkylation sites (N-methyl/N-ethyl adjacent to an activating group) is 1. The SMILES string of the molecule is CN(Cc1ccccn1)C(=O)C1Cc2ccccc2N1. The van der Waals surface area contributed by atoms with Crippen molar-refractivity contribution in [2.24, 2.45) is 0 Å². The van der Waals surface area contributed by atoms with Crippen LogP contribution in [0, 0.1) is 0 Å². The summed E-state index contributed by atoms with van der Waals surface area (Å²) in [6.07, 6.45) is 2.50. The van der Waals surface area contributed by atoms with E-state index in [1.54, 1.807) is 11.1 Å². The molecule has 0 aliphatic carbocycles. The fourth-order valence-electron chi connectivity index (χ4n) is 2.53. The van der Waals surface area contributed by atoms with Crippen molar-refractivity contribution in [3.8, 4) is 0 Å². The third-order valence-electron chi connectivity index (χ3n) is 3.57.